The van der Waals surface area contributed by atoms with E-state index in [1.54, 1.807) is 23.1 Å². The van der Waals surface area contributed by atoms with Gasteiger partial charge in [-0.3, -0.25) is 9.59 Å². The van der Waals surface area contributed by atoms with E-state index in [-0.39, 0.29) is 23.3 Å². The largest absolute Gasteiger partial charge is 0.468 e. The number of carbonyl (C=O) groups is 2. The number of rotatable bonds is 8. The van der Waals surface area contributed by atoms with E-state index in [2.05, 4.69) is 10.0 Å². The molecule has 166 valence electrons. The van der Waals surface area contributed by atoms with Gasteiger partial charge in [0.1, 0.15) is 5.76 Å². The molecule has 0 aliphatic carbocycles. The van der Waals surface area contributed by atoms with Crippen molar-refractivity contribution >= 4 is 27.5 Å². The van der Waals surface area contributed by atoms with Gasteiger partial charge >= 0.3 is 0 Å². The summed E-state index contributed by atoms with van der Waals surface area (Å²) < 4.78 is 32.4. The van der Waals surface area contributed by atoms with E-state index < -0.39 is 10.0 Å². The van der Waals surface area contributed by atoms with Gasteiger partial charge in [-0.1, -0.05) is 12.1 Å². The maximum absolute atomic E-state index is 12.6. The number of amides is 2. The second-order valence-corrected chi connectivity index (χ2v) is 9.27. The van der Waals surface area contributed by atoms with Crippen molar-refractivity contribution in [2.24, 2.45) is 0 Å². The van der Waals surface area contributed by atoms with Crippen molar-refractivity contribution in [3.63, 3.8) is 0 Å². The van der Waals surface area contributed by atoms with Gasteiger partial charge in [-0.25, -0.2) is 13.1 Å². The summed E-state index contributed by atoms with van der Waals surface area (Å²) >= 11 is 0. The molecule has 1 aromatic heterocycles. The Morgan fingerprint density at radius 3 is 2.56 bits per heavy atom. The van der Waals surface area contributed by atoms with Crippen molar-refractivity contribution in [3.8, 4) is 0 Å². The van der Waals surface area contributed by atoms with E-state index in [4.69, 9.17) is 4.42 Å². The number of sulfonamides is 1. The van der Waals surface area contributed by atoms with Crippen LogP contribution >= 0.6 is 0 Å². The smallest absolute Gasteiger partial charge is 0.255 e. The molecule has 1 aliphatic heterocycles. The first-order valence-electron chi connectivity index (χ1n) is 10.2. The second-order valence-electron chi connectivity index (χ2n) is 7.50. The Hall–Kier alpha value is -3.43. The number of nitrogens with one attached hydrogen (secondary N) is 2. The Labute approximate surface area is 186 Å². The first-order valence-corrected chi connectivity index (χ1v) is 11.7. The molecule has 2 N–H and O–H groups in total. The zero-order valence-corrected chi connectivity index (χ0v) is 18.1. The molecule has 0 saturated carbocycles. The molecule has 0 atom stereocenters. The molecule has 8 nitrogen and oxygen atoms in total. The minimum absolute atomic E-state index is 0.0386. The molecule has 32 heavy (non-hydrogen) atoms. The van der Waals surface area contributed by atoms with E-state index in [0.29, 0.717) is 30.0 Å². The van der Waals surface area contributed by atoms with Gasteiger partial charge in [0.25, 0.3) is 5.91 Å². The van der Waals surface area contributed by atoms with E-state index in [9.17, 15) is 18.0 Å². The first-order chi connectivity index (χ1) is 15.4. The lowest BCUT2D eigenvalue weighted by atomic mass is 10.1. The molecule has 0 bridgehead atoms. The Balaban J connectivity index is 1.38. The van der Waals surface area contributed by atoms with Crippen molar-refractivity contribution in [2.75, 3.05) is 11.9 Å². The standard InChI is InChI=1S/C23H23N3O5S/c27-22-7-2-12-26(22)16-17-4-1-5-19(14-17)25-23(28)18-8-10-21(11-9-18)32(29,30)24-15-20-6-3-13-31-20/h1,3-6,8-11,13-14,24H,2,7,12,15-16H2,(H,25,28). The Morgan fingerprint density at radius 2 is 1.88 bits per heavy atom. The third-order valence-electron chi connectivity index (χ3n) is 5.17. The Bertz CT molecular complexity index is 1200. The van der Waals surface area contributed by atoms with Crippen LogP contribution in [-0.2, 0) is 27.9 Å². The van der Waals surface area contributed by atoms with E-state index in [1.165, 1.54) is 30.5 Å². The summed E-state index contributed by atoms with van der Waals surface area (Å²) in [6, 6.07) is 16.4. The first kappa shape index (κ1) is 21.8. The molecule has 0 radical (unpaired) electrons. The zero-order valence-electron chi connectivity index (χ0n) is 17.3. The third kappa shape index (κ3) is 5.24. The molecule has 1 saturated heterocycles. The molecule has 2 heterocycles. The molecular weight excluding hydrogens is 430 g/mol. The molecule has 4 rings (SSSR count). The van der Waals surface area contributed by atoms with Crippen LogP contribution in [0.1, 0.15) is 34.5 Å². The summed E-state index contributed by atoms with van der Waals surface area (Å²) in [7, 11) is -3.73. The lowest BCUT2D eigenvalue weighted by molar-refractivity contribution is -0.128. The SMILES string of the molecule is O=C(Nc1cccc(CN2CCCC2=O)c1)c1ccc(S(=O)(=O)NCc2ccco2)cc1. The van der Waals surface area contributed by atoms with Crippen LogP contribution < -0.4 is 10.0 Å². The predicted molar refractivity (Wildman–Crippen MR) is 118 cm³/mol. The molecule has 0 unspecified atom stereocenters. The van der Waals surface area contributed by atoms with Crippen LogP contribution in [-0.4, -0.2) is 31.7 Å². The molecule has 2 amide bonds. The normalized spacial score (nSPS) is 14.0. The van der Waals surface area contributed by atoms with Crippen LogP contribution in [0.3, 0.4) is 0 Å². The fraction of sp³-hybridized carbons (Fsp3) is 0.217. The van der Waals surface area contributed by atoms with Gasteiger partial charge in [-0.15, -0.1) is 0 Å². The fourth-order valence-corrected chi connectivity index (χ4v) is 4.48. The number of furan rings is 1. The molecule has 1 aliphatic rings. The van der Waals surface area contributed by atoms with Crippen LogP contribution in [0.4, 0.5) is 5.69 Å². The maximum atomic E-state index is 12.6. The number of nitrogens with zero attached hydrogens (tertiary/aromatic N) is 1. The second kappa shape index (κ2) is 9.37. The zero-order chi connectivity index (χ0) is 22.6. The predicted octanol–water partition coefficient (Wildman–Crippen LogP) is 3.13. The number of benzene rings is 2. The van der Waals surface area contributed by atoms with Crippen molar-refractivity contribution in [2.45, 2.75) is 30.8 Å². The highest BCUT2D eigenvalue weighted by molar-refractivity contribution is 7.89. The monoisotopic (exact) mass is 453 g/mol. The van der Waals surface area contributed by atoms with Gasteiger partial charge < -0.3 is 14.6 Å². The van der Waals surface area contributed by atoms with E-state index in [0.717, 1.165) is 18.5 Å². The molecule has 3 aromatic rings. The van der Waals surface area contributed by atoms with Crippen LogP contribution in [0.5, 0.6) is 0 Å². The summed E-state index contributed by atoms with van der Waals surface area (Å²) in [6.07, 6.45) is 2.93. The number of anilines is 1. The van der Waals surface area contributed by atoms with Crippen molar-refractivity contribution in [1.82, 2.24) is 9.62 Å². The summed E-state index contributed by atoms with van der Waals surface area (Å²) in [4.78, 5) is 26.3. The molecular formula is C23H23N3O5S. The minimum atomic E-state index is -3.73. The highest BCUT2D eigenvalue weighted by Gasteiger charge is 2.20. The highest BCUT2D eigenvalue weighted by Crippen LogP contribution is 2.18. The number of hydrogen-bond donors (Lipinski definition) is 2. The molecule has 9 heteroatoms. The van der Waals surface area contributed by atoms with Crippen LogP contribution in [0.2, 0.25) is 0 Å². The van der Waals surface area contributed by atoms with Crippen LogP contribution in [0.15, 0.2) is 76.2 Å². The highest BCUT2D eigenvalue weighted by atomic mass is 32.2. The minimum Gasteiger partial charge on any atom is -0.468 e. The maximum Gasteiger partial charge on any atom is 0.255 e. The van der Waals surface area contributed by atoms with Crippen molar-refractivity contribution < 1.29 is 22.4 Å². The number of likely N-dealkylation sites (tertiary alicyclic amines) is 1. The van der Waals surface area contributed by atoms with E-state index >= 15 is 0 Å². The summed E-state index contributed by atoms with van der Waals surface area (Å²) in [5.74, 6) is 0.293. The van der Waals surface area contributed by atoms with Crippen molar-refractivity contribution in [1.29, 1.82) is 0 Å². The van der Waals surface area contributed by atoms with Gasteiger partial charge in [-0.05, 0) is 60.5 Å². The Morgan fingerprint density at radius 1 is 1.06 bits per heavy atom. The van der Waals surface area contributed by atoms with Gasteiger partial charge in [0.05, 0.1) is 17.7 Å². The average molecular weight is 454 g/mol. The van der Waals surface area contributed by atoms with Gasteiger partial charge in [0.2, 0.25) is 15.9 Å². The van der Waals surface area contributed by atoms with Gasteiger partial charge in [-0.2, -0.15) is 0 Å². The quantitative estimate of drug-likeness (QED) is 0.545. The lowest BCUT2D eigenvalue weighted by Crippen LogP contribution is -2.24. The summed E-state index contributed by atoms with van der Waals surface area (Å²) in [5.41, 5.74) is 1.87. The fourth-order valence-electron chi connectivity index (χ4n) is 3.49. The van der Waals surface area contributed by atoms with Gasteiger partial charge in [0, 0.05) is 30.8 Å². The van der Waals surface area contributed by atoms with Crippen LogP contribution in [0.25, 0.3) is 0 Å². The molecule has 0 spiro atoms. The number of hydrogen-bond acceptors (Lipinski definition) is 5. The topological polar surface area (TPSA) is 109 Å². The van der Waals surface area contributed by atoms with E-state index in [1.807, 2.05) is 18.2 Å². The Kier molecular flexibility index (Phi) is 6.38. The van der Waals surface area contributed by atoms with Crippen LogP contribution in [0, 0.1) is 0 Å². The lowest BCUT2D eigenvalue weighted by Gasteiger charge is -2.16. The number of carbonyl (C=O) groups excluding carboxylic acids is 2. The third-order valence-corrected chi connectivity index (χ3v) is 6.59. The molecule has 2 aromatic carbocycles. The van der Waals surface area contributed by atoms with Gasteiger partial charge in [0.15, 0.2) is 0 Å². The van der Waals surface area contributed by atoms with Crippen molar-refractivity contribution in [3.05, 3.63) is 83.8 Å². The summed E-state index contributed by atoms with van der Waals surface area (Å²) in [6.45, 7) is 1.30. The molecule has 1 fully saturated rings. The summed E-state index contributed by atoms with van der Waals surface area (Å²) in [5, 5.41) is 2.82. The average Bonchev–Trinajstić information content (AvgIpc) is 3.45.